The van der Waals surface area contributed by atoms with Crippen molar-refractivity contribution < 1.29 is 18.4 Å². The number of rotatable bonds is 1. The van der Waals surface area contributed by atoms with Crippen molar-refractivity contribution in [2.75, 3.05) is 0 Å². The van der Waals surface area contributed by atoms with E-state index in [-0.39, 0.29) is 11.8 Å². The van der Waals surface area contributed by atoms with E-state index in [9.17, 15) is 13.8 Å². The Morgan fingerprint density at radius 2 is 1.38 bits per heavy atom. The van der Waals surface area contributed by atoms with Gasteiger partial charge in [-0.05, 0) is 36.6 Å². The third-order valence-corrected chi connectivity index (χ3v) is 5.39. The van der Waals surface area contributed by atoms with Crippen LogP contribution in [0.5, 0.6) is 0 Å². The number of amides is 2. The molecule has 0 bridgehead atoms. The summed E-state index contributed by atoms with van der Waals surface area (Å²) in [5.41, 5.74) is 2.19. The lowest BCUT2D eigenvalue weighted by Crippen LogP contribution is -2.34. The van der Waals surface area contributed by atoms with Crippen LogP contribution < -0.4 is 5.32 Å². The van der Waals surface area contributed by atoms with Crippen molar-refractivity contribution in [1.29, 1.82) is 0 Å². The predicted molar refractivity (Wildman–Crippen MR) is 103 cm³/mol. The number of hydrogen-bond donors (Lipinski definition) is 2. The summed E-state index contributed by atoms with van der Waals surface area (Å²) in [6.45, 7) is 1.91. The van der Waals surface area contributed by atoms with Crippen LogP contribution in [0.3, 0.4) is 0 Å². The van der Waals surface area contributed by atoms with Gasteiger partial charge in [0.15, 0.2) is 8.77 Å². The lowest BCUT2D eigenvalue weighted by Gasteiger charge is -2.15. The lowest BCUT2D eigenvalue weighted by atomic mass is 9.95. The van der Waals surface area contributed by atoms with Gasteiger partial charge in [-0.1, -0.05) is 42.0 Å². The SMILES string of the molecule is Cc1ccc(S(=O)(O)=S)cc1.O=C1NC(=O)c2cccc3cccc1c23. The molecule has 3 aromatic carbocycles. The molecule has 4 rings (SSSR count). The topological polar surface area (TPSA) is 83.5 Å². The molecule has 0 radical (unpaired) electrons. The molecule has 0 spiro atoms. The van der Waals surface area contributed by atoms with E-state index in [1.54, 1.807) is 36.4 Å². The average Bonchev–Trinajstić information content (AvgIpc) is 2.60. The molecule has 7 heteroatoms. The van der Waals surface area contributed by atoms with Gasteiger partial charge in [0.1, 0.15) is 0 Å². The normalized spacial score (nSPS) is 14.8. The van der Waals surface area contributed by atoms with Gasteiger partial charge in [-0.25, -0.2) is 4.21 Å². The van der Waals surface area contributed by atoms with Crippen molar-refractivity contribution in [2.24, 2.45) is 0 Å². The summed E-state index contributed by atoms with van der Waals surface area (Å²) in [5, 5.41) is 4.00. The fourth-order valence-electron chi connectivity index (χ4n) is 2.67. The fourth-order valence-corrected chi connectivity index (χ4v) is 3.48. The minimum absolute atomic E-state index is 0.304. The van der Waals surface area contributed by atoms with E-state index in [0.29, 0.717) is 16.0 Å². The first-order chi connectivity index (χ1) is 12.3. The monoisotopic (exact) mass is 385 g/mol. The van der Waals surface area contributed by atoms with Gasteiger partial charge in [-0.2, -0.15) is 0 Å². The second-order valence-electron chi connectivity index (χ2n) is 5.78. The maximum atomic E-state index is 11.6. The van der Waals surface area contributed by atoms with Crippen LogP contribution in [-0.2, 0) is 20.0 Å². The molecule has 132 valence electrons. The molecular formula is C19H15NO4S2. The zero-order valence-electron chi connectivity index (χ0n) is 13.8. The van der Waals surface area contributed by atoms with Gasteiger partial charge in [0.2, 0.25) is 0 Å². The van der Waals surface area contributed by atoms with Gasteiger partial charge in [-0.15, -0.1) is 0 Å². The Bertz CT molecular complexity index is 1070. The van der Waals surface area contributed by atoms with Crippen LogP contribution in [0, 0.1) is 6.92 Å². The molecule has 2 amide bonds. The van der Waals surface area contributed by atoms with Gasteiger partial charge < -0.3 is 4.55 Å². The van der Waals surface area contributed by atoms with Gasteiger partial charge in [0.25, 0.3) is 11.8 Å². The average molecular weight is 385 g/mol. The van der Waals surface area contributed by atoms with Crippen LogP contribution in [0.15, 0.2) is 65.6 Å². The molecule has 1 aliphatic heterocycles. The van der Waals surface area contributed by atoms with Crippen molar-refractivity contribution in [3.63, 3.8) is 0 Å². The number of aryl methyl sites for hydroxylation is 1. The van der Waals surface area contributed by atoms with E-state index in [0.717, 1.165) is 16.3 Å². The molecule has 0 fully saturated rings. The van der Waals surface area contributed by atoms with E-state index >= 15 is 0 Å². The Balaban J connectivity index is 0.000000160. The molecule has 1 aliphatic rings. The summed E-state index contributed by atoms with van der Waals surface area (Å²) in [4.78, 5) is 23.4. The van der Waals surface area contributed by atoms with Crippen LogP contribution in [0.2, 0.25) is 0 Å². The summed E-state index contributed by atoms with van der Waals surface area (Å²) in [5.74, 6) is -0.631. The molecule has 0 aliphatic carbocycles. The highest BCUT2D eigenvalue weighted by molar-refractivity contribution is 8.29. The maximum absolute atomic E-state index is 11.6. The highest BCUT2D eigenvalue weighted by Gasteiger charge is 2.23. The zero-order valence-corrected chi connectivity index (χ0v) is 15.4. The molecule has 3 aromatic rings. The minimum atomic E-state index is -3.19. The molecular weight excluding hydrogens is 370 g/mol. The molecule has 1 unspecified atom stereocenters. The highest BCUT2D eigenvalue weighted by atomic mass is 32.8. The summed E-state index contributed by atoms with van der Waals surface area (Å²) in [6, 6.07) is 17.6. The van der Waals surface area contributed by atoms with E-state index in [4.69, 9.17) is 4.55 Å². The molecule has 2 N–H and O–H groups in total. The Labute approximate surface area is 155 Å². The maximum Gasteiger partial charge on any atom is 0.258 e. The standard InChI is InChI=1S/C12H7NO2.C7H8O2S2/c14-11-8-5-1-3-7-4-2-6-9(10(7)8)12(15)13-11;1-6-2-4-7(5-3-6)11(8,9)10/h1-6H,(H,13,14,15);2-5H,1H3,(H,8,9,10). The number of carbonyl (C=O) groups excluding carboxylic acids is 2. The van der Waals surface area contributed by atoms with Gasteiger partial charge in [-0.3, -0.25) is 14.9 Å². The van der Waals surface area contributed by atoms with E-state index in [2.05, 4.69) is 16.5 Å². The first-order valence-electron chi connectivity index (χ1n) is 7.69. The molecule has 5 nitrogen and oxygen atoms in total. The van der Waals surface area contributed by atoms with E-state index < -0.39 is 8.77 Å². The second kappa shape index (κ2) is 6.95. The second-order valence-corrected chi connectivity index (χ2v) is 8.56. The summed E-state index contributed by atoms with van der Waals surface area (Å²) < 4.78 is 19.8. The van der Waals surface area contributed by atoms with Crippen LogP contribution in [-0.4, -0.2) is 20.6 Å². The van der Waals surface area contributed by atoms with Crippen molar-refractivity contribution in [2.45, 2.75) is 11.8 Å². The summed E-state index contributed by atoms with van der Waals surface area (Å²) in [7, 11) is -3.19. The smallest absolute Gasteiger partial charge is 0.258 e. The lowest BCUT2D eigenvalue weighted by molar-refractivity contribution is 0.0845. The Morgan fingerprint density at radius 3 is 1.85 bits per heavy atom. The van der Waals surface area contributed by atoms with E-state index in [1.807, 2.05) is 31.2 Å². The Hall–Kier alpha value is -2.61. The van der Waals surface area contributed by atoms with Crippen LogP contribution in [0.25, 0.3) is 10.8 Å². The van der Waals surface area contributed by atoms with Crippen molar-refractivity contribution in [3.05, 3.63) is 77.4 Å². The Kier molecular flexibility index (Phi) is 4.86. The van der Waals surface area contributed by atoms with Crippen molar-refractivity contribution >= 4 is 42.5 Å². The number of benzene rings is 3. The number of nitrogens with one attached hydrogen (secondary N) is 1. The van der Waals surface area contributed by atoms with Crippen LogP contribution in [0.4, 0.5) is 0 Å². The number of carbonyl (C=O) groups is 2. The van der Waals surface area contributed by atoms with E-state index in [1.165, 1.54) is 0 Å². The third kappa shape index (κ3) is 3.65. The predicted octanol–water partition coefficient (Wildman–Crippen LogP) is 3.30. The highest BCUT2D eigenvalue weighted by Crippen LogP contribution is 2.25. The summed E-state index contributed by atoms with van der Waals surface area (Å²) >= 11 is 4.38. The van der Waals surface area contributed by atoms with Gasteiger partial charge in [0, 0.05) is 27.7 Å². The van der Waals surface area contributed by atoms with Crippen LogP contribution >= 0.6 is 0 Å². The molecule has 1 atom stereocenters. The minimum Gasteiger partial charge on any atom is -0.302 e. The van der Waals surface area contributed by atoms with Gasteiger partial charge in [0.05, 0.1) is 4.90 Å². The molecule has 0 saturated heterocycles. The van der Waals surface area contributed by atoms with Crippen LogP contribution in [0.1, 0.15) is 26.3 Å². The Morgan fingerprint density at radius 1 is 0.885 bits per heavy atom. The largest absolute Gasteiger partial charge is 0.302 e. The third-order valence-electron chi connectivity index (χ3n) is 3.94. The quantitative estimate of drug-likeness (QED) is 0.628. The van der Waals surface area contributed by atoms with Crippen molar-refractivity contribution in [3.8, 4) is 0 Å². The molecule has 0 aromatic heterocycles. The number of hydrogen-bond acceptors (Lipinski definition) is 4. The first-order valence-corrected chi connectivity index (χ1v) is 10.1. The zero-order chi connectivity index (χ0) is 18.9. The fraction of sp³-hybridized carbons (Fsp3) is 0.0526. The number of imide groups is 1. The summed E-state index contributed by atoms with van der Waals surface area (Å²) in [6.07, 6.45) is 0. The first kappa shape index (κ1) is 18.2. The molecule has 0 saturated carbocycles. The van der Waals surface area contributed by atoms with Crippen molar-refractivity contribution in [1.82, 2.24) is 5.32 Å². The molecule has 1 heterocycles. The van der Waals surface area contributed by atoms with Gasteiger partial charge >= 0.3 is 0 Å². The molecule has 26 heavy (non-hydrogen) atoms.